The van der Waals surface area contributed by atoms with E-state index in [-0.39, 0.29) is 0 Å². The lowest BCUT2D eigenvalue weighted by Crippen LogP contribution is -2.08. The van der Waals surface area contributed by atoms with Crippen molar-refractivity contribution in [3.05, 3.63) is 46.5 Å². The lowest BCUT2D eigenvalue weighted by Gasteiger charge is -2.10. The van der Waals surface area contributed by atoms with Gasteiger partial charge < -0.3 is 10.3 Å². The predicted molar refractivity (Wildman–Crippen MR) is 98.7 cm³/mol. The summed E-state index contributed by atoms with van der Waals surface area (Å²) in [6, 6.07) is 10.3. The van der Waals surface area contributed by atoms with Gasteiger partial charge in [0.05, 0.1) is 0 Å². The summed E-state index contributed by atoms with van der Waals surface area (Å²) in [6.07, 6.45) is 3.44. The smallest absolute Gasteiger partial charge is 0.203 e. The Balaban J connectivity index is 1.74. The molecule has 3 aromatic rings. The number of aromatic amines is 1. The number of fused-ring (bicyclic) bond motifs is 1. The van der Waals surface area contributed by atoms with Gasteiger partial charge in [-0.1, -0.05) is 37.3 Å². The van der Waals surface area contributed by atoms with E-state index < -0.39 is 0 Å². The molecular formula is C18H21N5S. The molecule has 1 saturated carbocycles. The fourth-order valence-electron chi connectivity index (χ4n) is 2.93. The molecule has 2 heterocycles. The molecule has 0 saturated heterocycles. The number of aryl methyl sites for hydroxylation is 1. The minimum Gasteiger partial charge on any atom is -0.364 e. The summed E-state index contributed by atoms with van der Waals surface area (Å²) in [5, 5.41) is 3.42. The van der Waals surface area contributed by atoms with Gasteiger partial charge in [0.1, 0.15) is 11.3 Å². The zero-order valence-electron chi connectivity index (χ0n) is 13.7. The first-order chi connectivity index (χ1) is 11.8. The third-order valence-corrected chi connectivity index (χ3v) is 4.66. The number of benzene rings is 1. The molecule has 24 heavy (non-hydrogen) atoms. The summed E-state index contributed by atoms with van der Waals surface area (Å²) in [5.74, 6) is 2.44. The van der Waals surface area contributed by atoms with Crippen LogP contribution in [0, 0.1) is 4.77 Å². The van der Waals surface area contributed by atoms with E-state index in [1.54, 1.807) is 0 Å². The van der Waals surface area contributed by atoms with E-state index in [1.807, 2.05) is 22.8 Å². The van der Waals surface area contributed by atoms with Gasteiger partial charge in [0.2, 0.25) is 4.77 Å². The van der Waals surface area contributed by atoms with E-state index in [0.29, 0.717) is 17.2 Å². The Morgan fingerprint density at radius 1 is 1.25 bits per heavy atom. The summed E-state index contributed by atoms with van der Waals surface area (Å²) in [6.45, 7) is 3.70. The maximum Gasteiger partial charge on any atom is 0.203 e. The lowest BCUT2D eigenvalue weighted by molar-refractivity contribution is 0.670. The maximum atomic E-state index is 5.51. The van der Waals surface area contributed by atoms with Crippen LogP contribution in [0.5, 0.6) is 0 Å². The molecule has 1 fully saturated rings. The van der Waals surface area contributed by atoms with Crippen molar-refractivity contribution in [1.82, 2.24) is 19.5 Å². The van der Waals surface area contributed by atoms with E-state index in [0.717, 1.165) is 35.8 Å². The largest absolute Gasteiger partial charge is 0.364 e. The van der Waals surface area contributed by atoms with Crippen LogP contribution < -0.4 is 5.32 Å². The van der Waals surface area contributed by atoms with Crippen molar-refractivity contribution >= 4 is 29.2 Å². The van der Waals surface area contributed by atoms with Gasteiger partial charge in [-0.15, -0.1) is 0 Å². The van der Waals surface area contributed by atoms with Crippen LogP contribution in [-0.4, -0.2) is 19.5 Å². The zero-order chi connectivity index (χ0) is 16.5. The van der Waals surface area contributed by atoms with Crippen molar-refractivity contribution in [3.8, 4) is 0 Å². The van der Waals surface area contributed by atoms with E-state index in [9.17, 15) is 0 Å². The summed E-state index contributed by atoms with van der Waals surface area (Å²) in [4.78, 5) is 12.9. The first-order valence-corrected chi connectivity index (χ1v) is 8.95. The Hall–Kier alpha value is -2.21. The number of H-pyrrole nitrogens is 1. The molecule has 0 atom stereocenters. The monoisotopic (exact) mass is 339 g/mol. The number of aromatic nitrogens is 4. The minimum absolute atomic E-state index is 0.572. The van der Waals surface area contributed by atoms with Gasteiger partial charge in [-0.3, -0.25) is 4.57 Å². The highest BCUT2D eigenvalue weighted by Gasteiger charge is 2.28. The highest BCUT2D eigenvalue weighted by molar-refractivity contribution is 7.71. The molecule has 5 nitrogen and oxygen atoms in total. The standard InChI is InChI=1S/C18H21N5S/c1-2-10-23-17-14(20-15(21-17)13-8-9-13)16(22-18(23)24)19-11-12-6-4-3-5-7-12/h3-7,13H,2,8-11H2,1H3,(H,20,21)(H,19,22,24). The van der Waals surface area contributed by atoms with Gasteiger partial charge in [-0.05, 0) is 37.0 Å². The second kappa shape index (κ2) is 6.36. The van der Waals surface area contributed by atoms with E-state index >= 15 is 0 Å². The van der Waals surface area contributed by atoms with Crippen LogP contribution in [0.3, 0.4) is 0 Å². The average molecular weight is 339 g/mol. The van der Waals surface area contributed by atoms with Crippen molar-refractivity contribution in [3.63, 3.8) is 0 Å². The highest BCUT2D eigenvalue weighted by atomic mass is 32.1. The third kappa shape index (κ3) is 2.94. The SMILES string of the molecule is CCCn1c(=S)nc(NCc2ccccc2)c2[nH]c(C3CC3)nc21. The van der Waals surface area contributed by atoms with Gasteiger partial charge >= 0.3 is 0 Å². The molecule has 2 N–H and O–H groups in total. The molecule has 2 aromatic heterocycles. The number of nitrogens with zero attached hydrogens (tertiary/aromatic N) is 3. The van der Waals surface area contributed by atoms with Crippen LogP contribution >= 0.6 is 12.2 Å². The number of imidazole rings is 1. The highest BCUT2D eigenvalue weighted by Crippen LogP contribution is 2.39. The predicted octanol–water partition coefficient (Wildman–Crippen LogP) is 4.39. The molecule has 0 aliphatic heterocycles. The summed E-state index contributed by atoms with van der Waals surface area (Å²) < 4.78 is 2.63. The van der Waals surface area contributed by atoms with Gasteiger partial charge in [0.15, 0.2) is 11.5 Å². The molecule has 6 heteroatoms. The van der Waals surface area contributed by atoms with E-state index in [4.69, 9.17) is 17.2 Å². The quantitative estimate of drug-likeness (QED) is 0.654. The second-order valence-corrected chi connectivity index (χ2v) is 6.69. The third-order valence-electron chi connectivity index (χ3n) is 4.35. The Morgan fingerprint density at radius 3 is 2.75 bits per heavy atom. The van der Waals surface area contributed by atoms with Crippen LogP contribution in [0.2, 0.25) is 0 Å². The topological polar surface area (TPSA) is 58.5 Å². The molecule has 0 amide bonds. The number of hydrogen-bond acceptors (Lipinski definition) is 4. The number of hydrogen-bond donors (Lipinski definition) is 2. The molecule has 1 aliphatic carbocycles. The minimum atomic E-state index is 0.572. The second-order valence-electron chi connectivity index (χ2n) is 6.33. The molecular weight excluding hydrogens is 318 g/mol. The number of anilines is 1. The molecule has 0 radical (unpaired) electrons. The molecule has 0 bridgehead atoms. The zero-order valence-corrected chi connectivity index (χ0v) is 14.6. The number of rotatable bonds is 6. The molecule has 1 aromatic carbocycles. The Bertz CT molecular complexity index is 908. The van der Waals surface area contributed by atoms with Crippen molar-refractivity contribution in [1.29, 1.82) is 0 Å². The first-order valence-electron chi connectivity index (χ1n) is 8.54. The fraction of sp³-hybridized carbons (Fsp3) is 0.389. The van der Waals surface area contributed by atoms with Crippen LogP contribution in [0.4, 0.5) is 5.82 Å². The van der Waals surface area contributed by atoms with E-state index in [2.05, 4.69) is 34.3 Å². The van der Waals surface area contributed by atoms with Gasteiger partial charge in [-0.25, -0.2) is 9.97 Å². The van der Waals surface area contributed by atoms with Crippen LogP contribution in [-0.2, 0) is 13.1 Å². The van der Waals surface area contributed by atoms with Crippen LogP contribution in [0.25, 0.3) is 11.2 Å². The Morgan fingerprint density at radius 2 is 2.04 bits per heavy atom. The normalized spacial score (nSPS) is 14.2. The molecule has 1 aliphatic rings. The summed E-state index contributed by atoms with van der Waals surface area (Å²) in [7, 11) is 0. The van der Waals surface area contributed by atoms with Gasteiger partial charge in [0.25, 0.3) is 0 Å². The summed E-state index contributed by atoms with van der Waals surface area (Å²) in [5.41, 5.74) is 3.11. The Kier molecular flexibility index (Phi) is 4.06. The van der Waals surface area contributed by atoms with Crippen molar-refractivity contribution in [2.24, 2.45) is 0 Å². The number of nitrogens with one attached hydrogen (secondary N) is 2. The molecule has 124 valence electrons. The molecule has 0 spiro atoms. The maximum absolute atomic E-state index is 5.51. The average Bonchev–Trinajstić information content (AvgIpc) is 3.36. The molecule has 0 unspecified atom stereocenters. The fourth-order valence-corrected chi connectivity index (χ4v) is 3.20. The van der Waals surface area contributed by atoms with Gasteiger partial charge in [-0.2, -0.15) is 0 Å². The lowest BCUT2D eigenvalue weighted by atomic mass is 10.2. The van der Waals surface area contributed by atoms with Gasteiger partial charge in [0, 0.05) is 19.0 Å². The Labute approximate surface area is 146 Å². The van der Waals surface area contributed by atoms with Crippen LogP contribution in [0.1, 0.15) is 43.5 Å². The van der Waals surface area contributed by atoms with E-state index in [1.165, 1.54) is 18.4 Å². The van der Waals surface area contributed by atoms with Crippen molar-refractivity contribution in [2.75, 3.05) is 5.32 Å². The van der Waals surface area contributed by atoms with Crippen molar-refractivity contribution in [2.45, 2.75) is 45.2 Å². The molecule has 4 rings (SSSR count). The van der Waals surface area contributed by atoms with Crippen molar-refractivity contribution < 1.29 is 0 Å². The summed E-state index contributed by atoms with van der Waals surface area (Å²) >= 11 is 5.51. The van der Waals surface area contributed by atoms with Crippen LogP contribution in [0.15, 0.2) is 30.3 Å². The first kappa shape index (κ1) is 15.3.